The normalized spacial score (nSPS) is 22.6. The fourth-order valence-electron chi connectivity index (χ4n) is 2.88. The van der Waals surface area contributed by atoms with Crippen LogP contribution in [0, 0.1) is 18.8 Å². The highest BCUT2D eigenvalue weighted by molar-refractivity contribution is 9.10. The Morgan fingerprint density at radius 2 is 2.05 bits per heavy atom. The van der Waals surface area contributed by atoms with Crippen LogP contribution in [0.25, 0.3) is 0 Å². The van der Waals surface area contributed by atoms with E-state index in [-0.39, 0.29) is 23.3 Å². The summed E-state index contributed by atoms with van der Waals surface area (Å²) in [7, 11) is -3.58. The van der Waals surface area contributed by atoms with Gasteiger partial charge in [-0.15, -0.1) is 0 Å². The number of nitrogens with two attached hydrogens (primary N) is 1. The minimum absolute atomic E-state index is 0.122. The molecular weight excluding hydrogens is 356 g/mol. The quantitative estimate of drug-likeness (QED) is 0.685. The Balaban J connectivity index is 2.14. The summed E-state index contributed by atoms with van der Waals surface area (Å²) in [6.45, 7) is 2.23. The van der Waals surface area contributed by atoms with Crippen molar-refractivity contribution in [3.05, 3.63) is 22.2 Å². The van der Waals surface area contributed by atoms with E-state index in [1.165, 1.54) is 6.07 Å². The number of aliphatic hydroxyl groups is 1. The number of nitrogen functional groups attached to an aromatic ring is 1. The summed E-state index contributed by atoms with van der Waals surface area (Å²) in [5.41, 5.74) is 6.82. The Morgan fingerprint density at radius 1 is 1.38 bits per heavy atom. The monoisotopic (exact) mass is 376 g/mol. The Bertz CT molecular complexity index is 619. The summed E-state index contributed by atoms with van der Waals surface area (Å²) in [5.74, 6) is 0.404. The standard InChI is InChI=1S/C14H21BrN2O3S/c1-9-5-12(15)13(16)6-14(9)21(19,20)17-7-10-3-2-4-11(10)8-18/h5-6,10-11,17-18H,2-4,7-8,16H2,1H3. The highest BCUT2D eigenvalue weighted by atomic mass is 79.9. The molecule has 1 saturated carbocycles. The van der Waals surface area contributed by atoms with Crippen molar-refractivity contribution < 1.29 is 13.5 Å². The van der Waals surface area contributed by atoms with Crippen LogP contribution in [0.4, 0.5) is 5.69 Å². The van der Waals surface area contributed by atoms with Gasteiger partial charge in [0.25, 0.3) is 0 Å². The topological polar surface area (TPSA) is 92.4 Å². The molecule has 2 unspecified atom stereocenters. The molecule has 0 saturated heterocycles. The largest absolute Gasteiger partial charge is 0.398 e. The van der Waals surface area contributed by atoms with Gasteiger partial charge in [0.15, 0.2) is 0 Å². The first-order valence-corrected chi connectivity index (χ1v) is 9.29. The third kappa shape index (κ3) is 3.77. The molecule has 0 aromatic heterocycles. The van der Waals surface area contributed by atoms with Gasteiger partial charge in [-0.25, -0.2) is 13.1 Å². The van der Waals surface area contributed by atoms with Crippen molar-refractivity contribution in [1.82, 2.24) is 4.72 Å². The Morgan fingerprint density at radius 3 is 2.71 bits per heavy atom. The molecule has 0 heterocycles. The molecule has 5 nitrogen and oxygen atoms in total. The maximum absolute atomic E-state index is 12.4. The van der Waals surface area contributed by atoms with Crippen molar-refractivity contribution in [2.75, 3.05) is 18.9 Å². The summed E-state index contributed by atoms with van der Waals surface area (Å²) in [4.78, 5) is 0.210. The van der Waals surface area contributed by atoms with Crippen molar-refractivity contribution >= 4 is 31.6 Å². The number of halogens is 1. The molecular formula is C14H21BrN2O3S. The smallest absolute Gasteiger partial charge is 0.240 e. The number of nitrogens with one attached hydrogen (secondary N) is 1. The van der Waals surface area contributed by atoms with E-state index < -0.39 is 10.0 Å². The molecule has 0 aliphatic heterocycles. The average molecular weight is 377 g/mol. The van der Waals surface area contributed by atoms with Crippen molar-refractivity contribution in [3.63, 3.8) is 0 Å². The summed E-state index contributed by atoms with van der Waals surface area (Å²) in [6.07, 6.45) is 2.96. The summed E-state index contributed by atoms with van der Waals surface area (Å²) >= 11 is 3.29. The predicted octanol–water partition coefficient (Wildman–Crippen LogP) is 2.03. The van der Waals surface area contributed by atoms with Crippen LogP contribution < -0.4 is 10.5 Å². The van der Waals surface area contributed by atoms with Crippen LogP contribution in [0.2, 0.25) is 0 Å². The van der Waals surface area contributed by atoms with Crippen LogP contribution in [0.15, 0.2) is 21.5 Å². The highest BCUT2D eigenvalue weighted by Crippen LogP contribution is 2.31. The van der Waals surface area contributed by atoms with E-state index in [1.54, 1.807) is 13.0 Å². The van der Waals surface area contributed by atoms with E-state index in [2.05, 4.69) is 20.7 Å². The van der Waals surface area contributed by atoms with Crippen molar-refractivity contribution in [3.8, 4) is 0 Å². The SMILES string of the molecule is Cc1cc(Br)c(N)cc1S(=O)(=O)NCC1CCCC1CO. The van der Waals surface area contributed by atoms with Gasteiger partial charge in [-0.3, -0.25) is 0 Å². The molecule has 1 aromatic rings. The average Bonchev–Trinajstić information content (AvgIpc) is 2.88. The molecule has 4 N–H and O–H groups in total. The molecule has 1 fully saturated rings. The number of sulfonamides is 1. The number of aliphatic hydroxyl groups excluding tert-OH is 1. The summed E-state index contributed by atoms with van der Waals surface area (Å²) in [6, 6.07) is 3.18. The molecule has 0 radical (unpaired) electrons. The van der Waals surface area contributed by atoms with Gasteiger partial charge in [-0.1, -0.05) is 6.42 Å². The highest BCUT2D eigenvalue weighted by Gasteiger charge is 2.28. The zero-order valence-electron chi connectivity index (χ0n) is 12.0. The van der Waals surface area contributed by atoms with Gasteiger partial charge in [0.1, 0.15) is 0 Å². The van der Waals surface area contributed by atoms with Crippen LogP contribution in [0.3, 0.4) is 0 Å². The number of rotatable bonds is 5. The van der Waals surface area contributed by atoms with Crippen LogP contribution in [-0.4, -0.2) is 26.7 Å². The molecule has 1 aromatic carbocycles. The van der Waals surface area contributed by atoms with Crippen molar-refractivity contribution in [2.24, 2.45) is 11.8 Å². The second-order valence-electron chi connectivity index (χ2n) is 5.62. The lowest BCUT2D eigenvalue weighted by Gasteiger charge is -2.18. The van der Waals surface area contributed by atoms with E-state index in [0.717, 1.165) is 19.3 Å². The number of hydrogen-bond donors (Lipinski definition) is 3. The van der Waals surface area contributed by atoms with Crippen molar-refractivity contribution in [1.29, 1.82) is 0 Å². The number of anilines is 1. The van der Waals surface area contributed by atoms with Gasteiger partial charge in [0.05, 0.1) is 4.90 Å². The minimum Gasteiger partial charge on any atom is -0.398 e. The first-order valence-electron chi connectivity index (χ1n) is 7.01. The van der Waals surface area contributed by atoms with Crippen molar-refractivity contribution in [2.45, 2.75) is 31.1 Å². The van der Waals surface area contributed by atoms with Gasteiger partial charge in [-0.05, 0) is 65.2 Å². The minimum atomic E-state index is -3.58. The number of benzene rings is 1. The molecule has 21 heavy (non-hydrogen) atoms. The fraction of sp³-hybridized carbons (Fsp3) is 0.571. The van der Waals surface area contributed by atoms with E-state index in [4.69, 9.17) is 5.73 Å². The Kier molecular flexibility index (Phi) is 5.29. The number of hydrogen-bond acceptors (Lipinski definition) is 4. The fourth-order valence-corrected chi connectivity index (χ4v) is 4.69. The molecule has 7 heteroatoms. The second-order valence-corrected chi connectivity index (χ2v) is 8.21. The summed E-state index contributed by atoms with van der Waals surface area (Å²) in [5, 5.41) is 9.29. The molecule has 0 bridgehead atoms. The zero-order valence-corrected chi connectivity index (χ0v) is 14.4. The third-order valence-electron chi connectivity index (χ3n) is 4.17. The zero-order chi connectivity index (χ0) is 15.6. The molecule has 118 valence electrons. The van der Waals surface area contributed by atoms with E-state index in [0.29, 0.717) is 22.3 Å². The lowest BCUT2D eigenvalue weighted by atomic mass is 9.97. The molecule has 1 aliphatic carbocycles. The van der Waals surface area contributed by atoms with E-state index in [9.17, 15) is 13.5 Å². The molecule has 0 amide bonds. The van der Waals surface area contributed by atoms with Gasteiger partial charge in [0.2, 0.25) is 10.0 Å². The van der Waals surface area contributed by atoms with Crippen LogP contribution in [0.1, 0.15) is 24.8 Å². The van der Waals surface area contributed by atoms with Crippen LogP contribution in [-0.2, 0) is 10.0 Å². The summed E-state index contributed by atoms with van der Waals surface area (Å²) < 4.78 is 28.2. The van der Waals surface area contributed by atoms with Gasteiger partial charge < -0.3 is 10.8 Å². The maximum atomic E-state index is 12.4. The molecule has 1 aliphatic rings. The molecule has 0 spiro atoms. The lowest BCUT2D eigenvalue weighted by molar-refractivity contribution is 0.195. The molecule has 2 atom stereocenters. The van der Waals surface area contributed by atoms with Gasteiger partial charge in [0, 0.05) is 23.3 Å². The van der Waals surface area contributed by atoms with Gasteiger partial charge in [-0.2, -0.15) is 0 Å². The van der Waals surface area contributed by atoms with Gasteiger partial charge >= 0.3 is 0 Å². The first kappa shape index (κ1) is 16.7. The van der Waals surface area contributed by atoms with E-state index in [1.807, 2.05) is 0 Å². The van der Waals surface area contributed by atoms with Crippen LogP contribution in [0.5, 0.6) is 0 Å². The van der Waals surface area contributed by atoms with E-state index >= 15 is 0 Å². The first-order chi connectivity index (χ1) is 9.85. The predicted molar refractivity (Wildman–Crippen MR) is 86.4 cm³/mol. The van der Waals surface area contributed by atoms with Crippen LogP contribution >= 0.6 is 15.9 Å². The third-order valence-corrected chi connectivity index (χ3v) is 6.42. The lowest BCUT2D eigenvalue weighted by Crippen LogP contribution is -2.32. The Labute approximate surface area is 134 Å². The Hall–Kier alpha value is -0.630. The number of aryl methyl sites for hydroxylation is 1. The molecule has 2 rings (SSSR count). The second kappa shape index (κ2) is 6.64. The maximum Gasteiger partial charge on any atom is 0.240 e.